The maximum Gasteiger partial charge on any atom is 0.306 e. The van der Waals surface area contributed by atoms with Gasteiger partial charge >= 0.3 is 5.97 Å². The van der Waals surface area contributed by atoms with Gasteiger partial charge in [0.1, 0.15) is 0 Å². The summed E-state index contributed by atoms with van der Waals surface area (Å²) in [6, 6.07) is 8.01. The van der Waals surface area contributed by atoms with Gasteiger partial charge in [0.15, 0.2) is 0 Å². The molecule has 0 heterocycles. The van der Waals surface area contributed by atoms with Crippen molar-refractivity contribution in [1.82, 2.24) is 4.90 Å². The molecule has 31 heavy (non-hydrogen) atoms. The number of anilines is 1. The van der Waals surface area contributed by atoms with Gasteiger partial charge in [0.2, 0.25) is 5.91 Å². The molecule has 0 aliphatic rings. The van der Waals surface area contributed by atoms with Gasteiger partial charge < -0.3 is 26.0 Å². The molecule has 0 radical (unpaired) electrons. The van der Waals surface area contributed by atoms with E-state index >= 15 is 0 Å². The van der Waals surface area contributed by atoms with Crippen molar-refractivity contribution in [2.24, 2.45) is 11.5 Å². The molecule has 1 unspecified atom stereocenters. The Balaban J connectivity index is 2.82. The predicted molar refractivity (Wildman–Crippen MR) is 127 cm³/mol. The highest BCUT2D eigenvalue weighted by atomic mass is 16.5. The first-order valence-corrected chi connectivity index (χ1v) is 11.1. The van der Waals surface area contributed by atoms with Crippen molar-refractivity contribution in [2.45, 2.75) is 77.4 Å². The number of carbonyl (C=O) groups excluding carboxylic acids is 2. The van der Waals surface area contributed by atoms with Crippen LogP contribution in [0.5, 0.6) is 0 Å². The summed E-state index contributed by atoms with van der Waals surface area (Å²) in [4.78, 5) is 28.2. The zero-order valence-corrected chi connectivity index (χ0v) is 20.2. The molecule has 7 nitrogen and oxygen atoms in total. The number of hydrogen-bond donors (Lipinski definition) is 2. The fraction of sp³-hybridized carbons (Fsp3) is 0.667. The number of ether oxygens (including phenoxy) is 1. The highest BCUT2D eigenvalue weighted by molar-refractivity contribution is 5.94. The van der Waals surface area contributed by atoms with E-state index in [-0.39, 0.29) is 35.8 Å². The van der Waals surface area contributed by atoms with Crippen LogP contribution in [-0.2, 0) is 20.9 Å². The number of carbonyl (C=O) groups is 2. The minimum atomic E-state index is -0.389. The van der Waals surface area contributed by atoms with Gasteiger partial charge in [-0.05, 0) is 71.3 Å². The van der Waals surface area contributed by atoms with Gasteiger partial charge in [-0.3, -0.25) is 9.59 Å². The van der Waals surface area contributed by atoms with Crippen LogP contribution in [0.25, 0.3) is 0 Å². The van der Waals surface area contributed by atoms with Crippen LogP contribution in [-0.4, -0.2) is 55.1 Å². The van der Waals surface area contributed by atoms with Gasteiger partial charge in [-0.2, -0.15) is 0 Å². The largest absolute Gasteiger partial charge is 0.469 e. The fourth-order valence-electron chi connectivity index (χ4n) is 3.04. The smallest absolute Gasteiger partial charge is 0.306 e. The minimum absolute atomic E-state index is 0.0680. The maximum absolute atomic E-state index is 12.8. The van der Waals surface area contributed by atoms with E-state index in [0.717, 1.165) is 31.6 Å². The van der Waals surface area contributed by atoms with Crippen LogP contribution in [0.1, 0.15) is 65.4 Å². The molecule has 1 aromatic rings. The molecule has 0 spiro atoms. The second-order valence-corrected chi connectivity index (χ2v) is 9.52. The van der Waals surface area contributed by atoms with E-state index in [0.29, 0.717) is 13.0 Å². The molecule has 176 valence electrons. The lowest BCUT2D eigenvalue weighted by Gasteiger charge is -2.28. The number of nitrogens with zero attached hydrogens (tertiary/aromatic N) is 2. The normalized spacial score (nSPS) is 13.7. The summed E-state index contributed by atoms with van der Waals surface area (Å²) in [6.07, 6.45) is 2.72. The van der Waals surface area contributed by atoms with Crippen molar-refractivity contribution in [3.63, 3.8) is 0 Å². The van der Waals surface area contributed by atoms with Crippen molar-refractivity contribution in [2.75, 3.05) is 32.1 Å². The van der Waals surface area contributed by atoms with Crippen LogP contribution in [0.2, 0.25) is 0 Å². The molecule has 0 saturated heterocycles. The second kappa shape index (κ2) is 12.2. The van der Waals surface area contributed by atoms with E-state index in [4.69, 9.17) is 11.5 Å². The summed E-state index contributed by atoms with van der Waals surface area (Å²) in [7, 11) is 3.42. The number of hydrogen-bond acceptors (Lipinski definition) is 6. The van der Waals surface area contributed by atoms with Crippen molar-refractivity contribution in [1.29, 1.82) is 0 Å². The fourth-order valence-corrected chi connectivity index (χ4v) is 3.04. The third kappa shape index (κ3) is 10.8. The van der Waals surface area contributed by atoms with Crippen LogP contribution in [0.4, 0.5) is 5.69 Å². The average Bonchev–Trinajstić information content (AvgIpc) is 2.71. The van der Waals surface area contributed by atoms with Crippen LogP contribution >= 0.6 is 0 Å². The Morgan fingerprint density at radius 1 is 1.00 bits per heavy atom. The zero-order chi connectivity index (χ0) is 23.7. The number of amides is 1. The second-order valence-electron chi connectivity index (χ2n) is 9.52. The first-order chi connectivity index (χ1) is 14.4. The molecule has 0 saturated carbocycles. The molecule has 0 aliphatic heterocycles. The van der Waals surface area contributed by atoms with Gasteiger partial charge in [-0.15, -0.1) is 0 Å². The van der Waals surface area contributed by atoms with Gasteiger partial charge in [-0.1, -0.05) is 19.1 Å². The van der Waals surface area contributed by atoms with E-state index < -0.39 is 0 Å². The molecular weight excluding hydrogens is 392 g/mol. The molecule has 0 fully saturated rings. The van der Waals surface area contributed by atoms with Crippen LogP contribution in [0.3, 0.4) is 0 Å². The Morgan fingerprint density at radius 3 is 2.13 bits per heavy atom. The molecule has 1 aromatic carbocycles. The van der Waals surface area contributed by atoms with E-state index in [2.05, 4.69) is 30.5 Å². The van der Waals surface area contributed by atoms with E-state index in [9.17, 15) is 9.59 Å². The van der Waals surface area contributed by atoms with Crippen molar-refractivity contribution in [3.05, 3.63) is 29.8 Å². The summed E-state index contributed by atoms with van der Waals surface area (Å²) in [5, 5.41) is 0. The summed E-state index contributed by atoms with van der Waals surface area (Å²) >= 11 is 0. The third-order valence-electron chi connectivity index (χ3n) is 5.62. The third-order valence-corrected chi connectivity index (χ3v) is 5.62. The number of esters is 1. The molecule has 1 atom stereocenters. The topological polar surface area (TPSA) is 102 Å². The highest BCUT2D eigenvalue weighted by Crippen LogP contribution is 2.20. The highest BCUT2D eigenvalue weighted by Gasteiger charge is 2.21. The minimum Gasteiger partial charge on any atom is -0.469 e. The molecule has 0 bridgehead atoms. The SMILES string of the molecule is CCC(C)(N)CCN(C)Cc1ccc(N(CCC(C)(C)N)C(=O)CCC(=O)OC)cc1. The Bertz CT molecular complexity index is 696. The Morgan fingerprint density at radius 2 is 1.61 bits per heavy atom. The van der Waals surface area contributed by atoms with Crippen LogP contribution in [0, 0.1) is 0 Å². The summed E-state index contributed by atoms with van der Waals surface area (Å²) in [5.41, 5.74) is 13.8. The molecule has 0 aromatic heterocycles. The van der Waals surface area contributed by atoms with E-state index in [1.165, 1.54) is 12.7 Å². The first kappa shape index (κ1) is 27.1. The van der Waals surface area contributed by atoms with Gasteiger partial charge in [0.05, 0.1) is 13.5 Å². The number of nitrogens with two attached hydrogens (primary N) is 2. The maximum atomic E-state index is 12.8. The van der Waals surface area contributed by atoms with Crippen LogP contribution in [0.15, 0.2) is 24.3 Å². The Hall–Kier alpha value is -1.96. The summed E-state index contributed by atoms with van der Waals surface area (Å²) in [6.45, 7) is 10.3. The Kier molecular flexibility index (Phi) is 10.6. The average molecular weight is 435 g/mol. The summed E-state index contributed by atoms with van der Waals surface area (Å²) < 4.78 is 4.66. The zero-order valence-electron chi connectivity index (χ0n) is 20.2. The first-order valence-electron chi connectivity index (χ1n) is 11.1. The lowest BCUT2D eigenvalue weighted by atomic mass is 9.96. The van der Waals surface area contributed by atoms with Gasteiger partial charge in [0.25, 0.3) is 0 Å². The summed E-state index contributed by atoms with van der Waals surface area (Å²) in [5.74, 6) is -0.496. The molecular formula is C24H42N4O3. The molecule has 4 N–H and O–H groups in total. The number of methoxy groups -OCH3 is 1. The lowest BCUT2D eigenvalue weighted by molar-refractivity contribution is -0.141. The predicted octanol–water partition coefficient (Wildman–Crippen LogP) is 3.05. The van der Waals surface area contributed by atoms with Crippen molar-refractivity contribution < 1.29 is 14.3 Å². The van der Waals surface area contributed by atoms with Crippen molar-refractivity contribution >= 4 is 17.6 Å². The van der Waals surface area contributed by atoms with Gasteiger partial charge in [-0.25, -0.2) is 0 Å². The van der Waals surface area contributed by atoms with E-state index in [1.54, 1.807) is 4.90 Å². The Labute approximate surface area is 188 Å². The van der Waals surface area contributed by atoms with Crippen LogP contribution < -0.4 is 16.4 Å². The molecule has 1 amide bonds. The molecule has 7 heteroatoms. The monoisotopic (exact) mass is 434 g/mol. The van der Waals surface area contributed by atoms with Gasteiger partial charge in [0, 0.05) is 36.3 Å². The number of benzene rings is 1. The quantitative estimate of drug-likeness (QED) is 0.463. The lowest BCUT2D eigenvalue weighted by Crippen LogP contribution is -2.40. The standard InChI is InChI=1S/C24H42N4O3/c1-7-24(4,26)15-16-27(5)18-19-8-10-20(11-9-19)28(17-14-23(2,3)25)21(29)12-13-22(30)31-6/h8-11H,7,12-18,25-26H2,1-6H3. The molecule has 0 aliphatic carbocycles. The number of rotatable bonds is 13. The van der Waals surface area contributed by atoms with E-state index in [1.807, 2.05) is 38.1 Å². The van der Waals surface area contributed by atoms with Crippen molar-refractivity contribution in [3.8, 4) is 0 Å². The molecule has 1 rings (SSSR count).